The van der Waals surface area contributed by atoms with Gasteiger partial charge in [-0.05, 0) is 29.0 Å². The molecule has 0 unspecified atom stereocenters. The quantitative estimate of drug-likeness (QED) is 0.635. The lowest BCUT2D eigenvalue weighted by Gasteiger charge is -2.28. The third-order valence-electron chi connectivity index (χ3n) is 4.77. The van der Waals surface area contributed by atoms with Gasteiger partial charge in [0.2, 0.25) is 5.91 Å². The van der Waals surface area contributed by atoms with Gasteiger partial charge in [0.1, 0.15) is 18.3 Å². The van der Waals surface area contributed by atoms with E-state index in [2.05, 4.69) is 5.10 Å². The number of furan rings is 1. The second-order valence-corrected chi connectivity index (χ2v) is 9.49. The van der Waals surface area contributed by atoms with Gasteiger partial charge in [-0.1, -0.05) is 26.8 Å². The van der Waals surface area contributed by atoms with Gasteiger partial charge in [0.15, 0.2) is 0 Å². The molecule has 2 aromatic heterocycles. The lowest BCUT2D eigenvalue weighted by Crippen LogP contribution is -2.43. The highest BCUT2D eigenvalue weighted by atomic mass is 32.1. The number of carbonyl (C=O) groups excluding carboxylic acids is 2. The van der Waals surface area contributed by atoms with Crippen molar-refractivity contribution in [1.82, 2.24) is 9.91 Å². The van der Waals surface area contributed by atoms with Crippen LogP contribution in [0.1, 0.15) is 50.3 Å². The summed E-state index contributed by atoms with van der Waals surface area (Å²) in [7, 11) is 1.58. The summed E-state index contributed by atoms with van der Waals surface area (Å²) in [5, 5.41) is 8.08. The number of carbonyl (C=O) groups is 2. The van der Waals surface area contributed by atoms with Crippen molar-refractivity contribution in [3.05, 3.63) is 46.5 Å². The summed E-state index contributed by atoms with van der Waals surface area (Å²) in [6.07, 6.45) is 2.53. The third kappa shape index (κ3) is 5.58. The van der Waals surface area contributed by atoms with Gasteiger partial charge >= 0.3 is 0 Å². The molecule has 3 rings (SSSR count). The van der Waals surface area contributed by atoms with Crippen molar-refractivity contribution in [2.24, 2.45) is 10.5 Å². The van der Waals surface area contributed by atoms with Gasteiger partial charge in [-0.25, -0.2) is 5.01 Å². The molecule has 0 N–H and O–H groups in total. The molecule has 0 spiro atoms. The zero-order valence-corrected chi connectivity index (χ0v) is 18.8. The van der Waals surface area contributed by atoms with Crippen LogP contribution in [0.3, 0.4) is 0 Å². The summed E-state index contributed by atoms with van der Waals surface area (Å²) in [4.78, 5) is 28.7. The van der Waals surface area contributed by atoms with Gasteiger partial charge in [-0.2, -0.15) is 5.10 Å². The Balaban J connectivity index is 1.80. The molecule has 7 nitrogen and oxygen atoms in total. The molecule has 8 heteroatoms. The van der Waals surface area contributed by atoms with Crippen LogP contribution in [-0.4, -0.2) is 54.2 Å². The Morgan fingerprint density at radius 2 is 2.13 bits per heavy atom. The van der Waals surface area contributed by atoms with Crippen LogP contribution in [-0.2, 0) is 14.3 Å². The standard InChI is InChI=1S/C22H29N3O4S/c1-22(2,3)14-20(26)24(9-11-28-4)15-21(27)25-17(18-7-5-10-29-18)13-16(23-25)19-8-6-12-30-19/h5-8,10,12,17H,9,11,13-15H2,1-4H3/t17-/m1/s1. The number of nitrogens with zero attached hydrogens (tertiary/aromatic N) is 3. The molecule has 0 saturated carbocycles. The minimum Gasteiger partial charge on any atom is -0.467 e. The van der Waals surface area contributed by atoms with Gasteiger partial charge in [0.25, 0.3) is 5.91 Å². The fourth-order valence-electron chi connectivity index (χ4n) is 3.33. The molecule has 0 bridgehead atoms. The van der Waals surface area contributed by atoms with Crippen molar-refractivity contribution in [2.45, 2.75) is 39.7 Å². The Morgan fingerprint density at radius 1 is 1.33 bits per heavy atom. The molecule has 1 aliphatic heterocycles. The second-order valence-electron chi connectivity index (χ2n) is 8.54. The number of hydrazone groups is 1. The molecular formula is C22H29N3O4S. The van der Waals surface area contributed by atoms with E-state index in [0.29, 0.717) is 31.8 Å². The number of methoxy groups -OCH3 is 1. The Labute approximate surface area is 181 Å². The summed E-state index contributed by atoms with van der Waals surface area (Å²) < 4.78 is 10.7. The maximum atomic E-state index is 13.3. The molecule has 0 aliphatic carbocycles. The first-order chi connectivity index (χ1) is 14.3. The maximum Gasteiger partial charge on any atom is 0.262 e. The Hall–Kier alpha value is -2.45. The van der Waals surface area contributed by atoms with Crippen LogP contribution < -0.4 is 0 Å². The molecule has 30 heavy (non-hydrogen) atoms. The molecule has 1 aliphatic rings. The predicted molar refractivity (Wildman–Crippen MR) is 116 cm³/mol. The van der Waals surface area contributed by atoms with Crippen molar-refractivity contribution < 1.29 is 18.7 Å². The van der Waals surface area contributed by atoms with Crippen LogP contribution >= 0.6 is 11.3 Å². The molecule has 162 valence electrons. The first-order valence-electron chi connectivity index (χ1n) is 10.0. The Kier molecular flexibility index (Phi) is 7.10. The van der Waals surface area contributed by atoms with Crippen molar-refractivity contribution in [1.29, 1.82) is 0 Å². The first kappa shape index (κ1) is 22.2. The Morgan fingerprint density at radius 3 is 2.73 bits per heavy atom. The summed E-state index contributed by atoms with van der Waals surface area (Å²) in [6.45, 7) is 6.70. The van der Waals surface area contributed by atoms with E-state index < -0.39 is 0 Å². The van der Waals surface area contributed by atoms with Crippen molar-refractivity contribution in [2.75, 3.05) is 26.8 Å². The molecular weight excluding hydrogens is 402 g/mol. The van der Waals surface area contributed by atoms with Gasteiger partial charge in [0, 0.05) is 26.5 Å². The van der Waals surface area contributed by atoms with E-state index in [0.717, 1.165) is 10.6 Å². The fraction of sp³-hybridized carbons (Fsp3) is 0.500. The minimum atomic E-state index is -0.313. The SMILES string of the molecule is COCCN(CC(=O)N1N=C(c2cccs2)C[C@@H]1c1ccco1)C(=O)CC(C)(C)C. The highest BCUT2D eigenvalue weighted by Gasteiger charge is 2.36. The van der Waals surface area contributed by atoms with Crippen LogP contribution in [0, 0.1) is 5.41 Å². The van der Waals surface area contributed by atoms with E-state index in [4.69, 9.17) is 9.15 Å². The summed E-state index contributed by atoms with van der Waals surface area (Å²) in [5.74, 6) is 0.383. The van der Waals surface area contributed by atoms with Crippen molar-refractivity contribution >= 4 is 28.9 Å². The number of ether oxygens (including phenoxy) is 1. The highest BCUT2D eigenvalue weighted by Crippen LogP contribution is 2.34. The predicted octanol–water partition coefficient (Wildman–Crippen LogP) is 3.93. The van der Waals surface area contributed by atoms with Crippen LogP contribution in [0.4, 0.5) is 0 Å². The largest absolute Gasteiger partial charge is 0.467 e. The van der Waals surface area contributed by atoms with E-state index in [9.17, 15) is 9.59 Å². The van der Waals surface area contributed by atoms with E-state index in [1.165, 1.54) is 5.01 Å². The second kappa shape index (κ2) is 9.57. The van der Waals surface area contributed by atoms with Crippen LogP contribution in [0.2, 0.25) is 0 Å². The van der Waals surface area contributed by atoms with Crippen LogP contribution in [0.25, 0.3) is 0 Å². The van der Waals surface area contributed by atoms with E-state index in [-0.39, 0.29) is 29.8 Å². The zero-order chi connectivity index (χ0) is 21.7. The van der Waals surface area contributed by atoms with Crippen molar-refractivity contribution in [3.63, 3.8) is 0 Å². The molecule has 3 heterocycles. The topological polar surface area (TPSA) is 75.3 Å². The maximum absolute atomic E-state index is 13.3. The fourth-order valence-corrected chi connectivity index (χ4v) is 4.05. The van der Waals surface area contributed by atoms with Gasteiger partial charge in [0.05, 0.1) is 23.5 Å². The lowest BCUT2D eigenvalue weighted by atomic mass is 9.91. The number of thiophene rings is 1. The van der Waals surface area contributed by atoms with E-state index in [1.807, 2.05) is 44.4 Å². The smallest absolute Gasteiger partial charge is 0.262 e. The molecule has 0 radical (unpaired) electrons. The summed E-state index contributed by atoms with van der Waals surface area (Å²) in [5.41, 5.74) is 0.685. The monoisotopic (exact) mass is 431 g/mol. The molecule has 0 fully saturated rings. The zero-order valence-electron chi connectivity index (χ0n) is 18.0. The van der Waals surface area contributed by atoms with Crippen molar-refractivity contribution in [3.8, 4) is 0 Å². The van der Waals surface area contributed by atoms with Crippen LogP contribution in [0.15, 0.2) is 45.4 Å². The summed E-state index contributed by atoms with van der Waals surface area (Å²) >= 11 is 1.59. The Bertz CT molecular complexity index is 869. The normalized spacial score (nSPS) is 16.6. The molecule has 2 amide bonds. The average molecular weight is 432 g/mol. The highest BCUT2D eigenvalue weighted by molar-refractivity contribution is 7.12. The van der Waals surface area contributed by atoms with Gasteiger partial charge in [-0.3, -0.25) is 9.59 Å². The number of hydrogen-bond acceptors (Lipinski definition) is 6. The number of amides is 2. The molecule has 1 atom stereocenters. The van der Waals surface area contributed by atoms with E-state index in [1.54, 1.807) is 35.7 Å². The van der Waals surface area contributed by atoms with E-state index >= 15 is 0 Å². The molecule has 0 saturated heterocycles. The molecule has 0 aromatic carbocycles. The minimum absolute atomic E-state index is 0.0449. The third-order valence-corrected chi connectivity index (χ3v) is 5.69. The molecule has 2 aromatic rings. The average Bonchev–Trinajstić information content (AvgIpc) is 3.43. The van der Waals surface area contributed by atoms with Crippen LogP contribution in [0.5, 0.6) is 0 Å². The van der Waals surface area contributed by atoms with Gasteiger partial charge < -0.3 is 14.1 Å². The first-order valence-corrected chi connectivity index (χ1v) is 10.9. The van der Waals surface area contributed by atoms with Gasteiger partial charge in [-0.15, -0.1) is 11.3 Å². The lowest BCUT2D eigenvalue weighted by molar-refractivity contribution is -0.143. The summed E-state index contributed by atoms with van der Waals surface area (Å²) in [6, 6.07) is 7.30. The number of hydrogen-bond donors (Lipinski definition) is 0. The number of rotatable bonds is 8.